The van der Waals surface area contributed by atoms with Gasteiger partial charge >= 0.3 is 0 Å². The quantitative estimate of drug-likeness (QED) is 0.597. The maximum atomic E-state index is 10.8. The molecular formula is C25H36O2. The van der Waals surface area contributed by atoms with Crippen LogP contribution in [-0.4, -0.2) is 10.2 Å². The van der Waals surface area contributed by atoms with Crippen LogP contribution in [0.1, 0.15) is 87.8 Å². The Labute approximate surface area is 165 Å². The summed E-state index contributed by atoms with van der Waals surface area (Å²) in [7, 11) is 0. The van der Waals surface area contributed by atoms with Crippen LogP contribution in [0, 0.1) is 13.8 Å². The summed E-state index contributed by atoms with van der Waals surface area (Å²) in [6.07, 6.45) is 2.60. The molecule has 0 saturated carbocycles. The lowest BCUT2D eigenvalue weighted by Crippen LogP contribution is -2.21. The van der Waals surface area contributed by atoms with Gasteiger partial charge < -0.3 is 10.2 Å². The van der Waals surface area contributed by atoms with Gasteiger partial charge in [0.05, 0.1) is 0 Å². The molecule has 2 nitrogen and oxygen atoms in total. The fraction of sp³-hybridized carbons (Fsp3) is 0.520. The first kappa shape index (κ1) is 21.3. The Bertz CT molecular complexity index is 759. The highest BCUT2D eigenvalue weighted by atomic mass is 16.3. The SMILES string of the molecule is CCC(C)(C)c1c(Cc2ccc(C)c(O)c2C(C)(C)CC)ccc(C)c1O. The van der Waals surface area contributed by atoms with Crippen LogP contribution >= 0.6 is 0 Å². The highest BCUT2D eigenvalue weighted by Gasteiger charge is 2.29. The van der Waals surface area contributed by atoms with Gasteiger partial charge in [0.2, 0.25) is 0 Å². The largest absolute Gasteiger partial charge is 0.507 e. The standard InChI is InChI=1S/C25H36O2/c1-9-24(5,6)20-18(13-11-16(3)22(20)26)15-19-14-12-17(4)23(27)21(19)25(7,8)10-2/h11-14,26-27H,9-10,15H2,1-8H3. The zero-order chi connectivity index (χ0) is 20.6. The van der Waals surface area contributed by atoms with Gasteiger partial charge in [-0.3, -0.25) is 0 Å². The molecule has 0 radical (unpaired) electrons. The van der Waals surface area contributed by atoms with Crippen LogP contribution in [-0.2, 0) is 17.3 Å². The van der Waals surface area contributed by atoms with E-state index >= 15 is 0 Å². The minimum Gasteiger partial charge on any atom is -0.507 e. The van der Waals surface area contributed by atoms with Crippen LogP contribution < -0.4 is 0 Å². The molecule has 0 fully saturated rings. The van der Waals surface area contributed by atoms with E-state index in [0.717, 1.165) is 46.2 Å². The summed E-state index contributed by atoms with van der Waals surface area (Å²) in [5.74, 6) is 0.818. The molecule has 2 rings (SSSR count). The second-order valence-electron chi connectivity index (χ2n) is 9.18. The zero-order valence-corrected chi connectivity index (χ0v) is 18.3. The van der Waals surface area contributed by atoms with Gasteiger partial charge in [-0.05, 0) is 66.2 Å². The van der Waals surface area contributed by atoms with Crippen molar-refractivity contribution < 1.29 is 10.2 Å². The van der Waals surface area contributed by atoms with Crippen LogP contribution in [0.15, 0.2) is 24.3 Å². The molecule has 0 bridgehead atoms. The van der Waals surface area contributed by atoms with Crippen LogP contribution in [0.3, 0.4) is 0 Å². The van der Waals surface area contributed by atoms with Crippen molar-refractivity contribution in [3.05, 3.63) is 57.6 Å². The van der Waals surface area contributed by atoms with Crippen LogP contribution in [0.5, 0.6) is 11.5 Å². The Kier molecular flexibility index (Phi) is 5.99. The summed E-state index contributed by atoms with van der Waals surface area (Å²) in [6.45, 7) is 17.0. The van der Waals surface area contributed by atoms with E-state index in [9.17, 15) is 10.2 Å². The third kappa shape index (κ3) is 4.00. The maximum absolute atomic E-state index is 10.8. The van der Waals surface area contributed by atoms with E-state index in [1.807, 2.05) is 26.0 Å². The molecule has 2 aromatic carbocycles. The predicted molar refractivity (Wildman–Crippen MR) is 115 cm³/mol. The summed E-state index contributed by atoms with van der Waals surface area (Å²) in [4.78, 5) is 0. The van der Waals surface area contributed by atoms with Crippen LogP contribution in [0.25, 0.3) is 0 Å². The van der Waals surface area contributed by atoms with Gasteiger partial charge in [-0.1, -0.05) is 65.8 Å². The third-order valence-electron chi connectivity index (χ3n) is 6.43. The highest BCUT2D eigenvalue weighted by Crippen LogP contribution is 2.42. The zero-order valence-electron chi connectivity index (χ0n) is 18.3. The van der Waals surface area contributed by atoms with Crippen molar-refractivity contribution in [3.8, 4) is 11.5 Å². The fourth-order valence-electron chi connectivity index (χ4n) is 3.84. The van der Waals surface area contributed by atoms with Gasteiger partial charge in [0.25, 0.3) is 0 Å². The minimum atomic E-state index is -0.112. The van der Waals surface area contributed by atoms with Crippen LogP contribution in [0.4, 0.5) is 0 Å². The van der Waals surface area contributed by atoms with E-state index < -0.39 is 0 Å². The monoisotopic (exact) mass is 368 g/mol. The first-order valence-corrected chi connectivity index (χ1v) is 10.1. The summed E-state index contributed by atoms with van der Waals surface area (Å²) >= 11 is 0. The Morgan fingerprint density at radius 2 is 1.00 bits per heavy atom. The fourth-order valence-corrected chi connectivity index (χ4v) is 3.84. The Balaban J connectivity index is 2.70. The Morgan fingerprint density at radius 1 is 0.667 bits per heavy atom. The van der Waals surface area contributed by atoms with E-state index in [4.69, 9.17) is 0 Å². The second kappa shape index (κ2) is 7.58. The molecule has 0 saturated heterocycles. The summed E-state index contributed by atoms with van der Waals surface area (Å²) in [5, 5.41) is 21.7. The van der Waals surface area contributed by atoms with Gasteiger partial charge in [-0.15, -0.1) is 0 Å². The van der Waals surface area contributed by atoms with Crippen molar-refractivity contribution in [2.75, 3.05) is 0 Å². The van der Waals surface area contributed by atoms with Gasteiger partial charge in [-0.25, -0.2) is 0 Å². The molecule has 148 valence electrons. The van der Waals surface area contributed by atoms with Crippen molar-refractivity contribution in [2.45, 2.75) is 85.5 Å². The van der Waals surface area contributed by atoms with E-state index in [0.29, 0.717) is 17.9 Å². The molecule has 0 amide bonds. The Morgan fingerprint density at radius 3 is 1.30 bits per heavy atom. The molecule has 2 N–H and O–H groups in total. The molecule has 0 aromatic heterocycles. The number of aromatic hydroxyl groups is 2. The number of phenols is 2. The van der Waals surface area contributed by atoms with E-state index in [1.54, 1.807) is 0 Å². The second-order valence-corrected chi connectivity index (χ2v) is 9.18. The lowest BCUT2D eigenvalue weighted by atomic mass is 9.74. The smallest absolute Gasteiger partial charge is 0.122 e. The van der Waals surface area contributed by atoms with Gasteiger partial charge in [0.1, 0.15) is 11.5 Å². The maximum Gasteiger partial charge on any atom is 0.122 e. The minimum absolute atomic E-state index is 0.112. The molecule has 0 aliphatic rings. The molecule has 27 heavy (non-hydrogen) atoms. The van der Waals surface area contributed by atoms with Crippen LogP contribution in [0.2, 0.25) is 0 Å². The summed E-state index contributed by atoms with van der Waals surface area (Å²) in [6, 6.07) is 8.28. The number of benzene rings is 2. The first-order valence-electron chi connectivity index (χ1n) is 10.1. The molecule has 0 aliphatic heterocycles. The highest BCUT2D eigenvalue weighted by molar-refractivity contribution is 5.54. The number of rotatable bonds is 6. The number of hydrogen-bond acceptors (Lipinski definition) is 2. The van der Waals surface area contributed by atoms with Gasteiger partial charge in [0, 0.05) is 11.1 Å². The number of phenolic OH excluding ortho intramolecular Hbond substituents is 2. The normalized spacial score (nSPS) is 12.4. The molecule has 0 aliphatic carbocycles. The van der Waals surface area contributed by atoms with Crippen molar-refractivity contribution >= 4 is 0 Å². The van der Waals surface area contributed by atoms with Crippen molar-refractivity contribution in [1.29, 1.82) is 0 Å². The average molecular weight is 369 g/mol. The topological polar surface area (TPSA) is 40.5 Å². The molecule has 0 atom stereocenters. The summed E-state index contributed by atoms with van der Waals surface area (Å²) < 4.78 is 0. The van der Waals surface area contributed by atoms with E-state index in [1.165, 1.54) is 0 Å². The molecule has 2 heteroatoms. The number of aryl methyl sites for hydroxylation is 2. The van der Waals surface area contributed by atoms with Gasteiger partial charge in [0.15, 0.2) is 0 Å². The van der Waals surface area contributed by atoms with Crippen molar-refractivity contribution in [2.24, 2.45) is 0 Å². The molecule has 2 aromatic rings. The lowest BCUT2D eigenvalue weighted by molar-refractivity contribution is 0.420. The first-order chi connectivity index (χ1) is 12.5. The van der Waals surface area contributed by atoms with Crippen molar-refractivity contribution in [3.63, 3.8) is 0 Å². The molecule has 0 heterocycles. The van der Waals surface area contributed by atoms with Gasteiger partial charge in [-0.2, -0.15) is 0 Å². The van der Waals surface area contributed by atoms with Crippen molar-refractivity contribution in [1.82, 2.24) is 0 Å². The lowest BCUT2D eigenvalue weighted by Gasteiger charge is -2.31. The summed E-state index contributed by atoms with van der Waals surface area (Å²) in [5.41, 5.74) is 5.95. The van der Waals surface area contributed by atoms with E-state index in [2.05, 4.69) is 53.7 Å². The third-order valence-corrected chi connectivity index (χ3v) is 6.43. The van der Waals surface area contributed by atoms with E-state index in [-0.39, 0.29) is 10.8 Å². The molecule has 0 unspecified atom stereocenters. The predicted octanol–water partition coefficient (Wildman–Crippen LogP) is 6.68. The number of hydrogen-bond donors (Lipinski definition) is 2. The molecule has 0 spiro atoms. The molecular weight excluding hydrogens is 332 g/mol. The average Bonchev–Trinajstić information content (AvgIpc) is 2.61. The Hall–Kier alpha value is -1.96.